The highest BCUT2D eigenvalue weighted by molar-refractivity contribution is 7.92. The van der Waals surface area contributed by atoms with Crippen LogP contribution in [0.3, 0.4) is 0 Å². The van der Waals surface area contributed by atoms with Crippen molar-refractivity contribution >= 4 is 21.5 Å². The lowest BCUT2D eigenvalue weighted by Crippen LogP contribution is -2.52. The van der Waals surface area contributed by atoms with Gasteiger partial charge in [0.2, 0.25) is 5.91 Å². The van der Waals surface area contributed by atoms with E-state index in [-0.39, 0.29) is 12.3 Å². The molecule has 1 aliphatic rings. The topological polar surface area (TPSA) is 71.5 Å². The van der Waals surface area contributed by atoms with E-state index in [0.717, 1.165) is 6.26 Å². The van der Waals surface area contributed by atoms with Crippen molar-refractivity contribution in [2.75, 3.05) is 19.3 Å². The van der Waals surface area contributed by atoms with Crippen LogP contribution in [0.4, 0.5) is 0 Å². The van der Waals surface area contributed by atoms with Crippen molar-refractivity contribution in [1.29, 1.82) is 0 Å². The second kappa shape index (κ2) is 4.16. The van der Waals surface area contributed by atoms with Crippen LogP contribution in [0.5, 0.6) is 0 Å². The predicted molar refractivity (Wildman–Crippen MR) is 59.7 cm³/mol. The van der Waals surface area contributed by atoms with Crippen LogP contribution in [-0.2, 0) is 19.4 Å². The zero-order chi connectivity index (χ0) is 12.6. The molecule has 0 spiro atoms. The molecule has 5 nitrogen and oxygen atoms in total. The number of carbonyl (C=O) groups excluding carboxylic acids is 2. The quantitative estimate of drug-likeness (QED) is 0.688. The van der Waals surface area contributed by atoms with Gasteiger partial charge in [-0.2, -0.15) is 0 Å². The van der Waals surface area contributed by atoms with Gasteiger partial charge in [-0.05, 0) is 20.3 Å². The third-order valence-electron chi connectivity index (χ3n) is 2.98. The molecule has 0 aliphatic carbocycles. The first-order valence-electron chi connectivity index (χ1n) is 5.17. The second-order valence-corrected chi connectivity index (χ2v) is 7.22. The number of carbonyl (C=O) groups is 2. The van der Waals surface area contributed by atoms with Crippen molar-refractivity contribution in [3.8, 4) is 0 Å². The number of ketones is 1. The first-order chi connectivity index (χ1) is 7.16. The summed E-state index contributed by atoms with van der Waals surface area (Å²) in [7, 11) is -3.47. The molecule has 0 aromatic rings. The highest BCUT2D eigenvalue weighted by atomic mass is 32.2. The Labute approximate surface area is 95.7 Å². The molecule has 0 radical (unpaired) electrons. The minimum Gasteiger partial charge on any atom is -0.334 e. The molecule has 1 rings (SSSR count). The first kappa shape index (κ1) is 13.2. The van der Waals surface area contributed by atoms with Crippen molar-refractivity contribution in [1.82, 2.24) is 4.90 Å². The molecule has 1 aliphatic heterocycles. The Bertz CT molecular complexity index is 411. The summed E-state index contributed by atoms with van der Waals surface area (Å²) in [5.74, 6) is -0.494. The Morgan fingerprint density at radius 2 is 1.94 bits per heavy atom. The number of rotatable bonds is 2. The number of likely N-dealkylation sites (tertiary alicyclic amines) is 1. The first-order valence-corrected chi connectivity index (χ1v) is 7.06. The van der Waals surface area contributed by atoms with E-state index in [1.807, 2.05) is 0 Å². The Hall–Kier alpha value is -0.910. The van der Waals surface area contributed by atoms with Crippen LogP contribution in [0, 0.1) is 0 Å². The third kappa shape index (κ3) is 2.42. The standard InChI is InChI=1S/C10H17NO4S/c1-10(2,16(3,14)15)9(13)11-6-4-5-8(12)7-11/h4-7H2,1-3H3. The van der Waals surface area contributed by atoms with E-state index in [1.54, 1.807) is 0 Å². The van der Waals surface area contributed by atoms with Crippen LogP contribution < -0.4 is 0 Å². The smallest absolute Gasteiger partial charge is 0.243 e. The van der Waals surface area contributed by atoms with Gasteiger partial charge in [-0.15, -0.1) is 0 Å². The second-order valence-electron chi connectivity index (χ2n) is 4.65. The van der Waals surface area contributed by atoms with Gasteiger partial charge >= 0.3 is 0 Å². The van der Waals surface area contributed by atoms with Crippen molar-refractivity contribution < 1.29 is 18.0 Å². The van der Waals surface area contributed by atoms with E-state index in [0.29, 0.717) is 19.4 Å². The largest absolute Gasteiger partial charge is 0.334 e. The molecular formula is C10H17NO4S. The molecule has 0 atom stereocenters. The molecule has 0 unspecified atom stereocenters. The number of amides is 1. The molecular weight excluding hydrogens is 230 g/mol. The minimum atomic E-state index is -3.47. The van der Waals surface area contributed by atoms with E-state index in [2.05, 4.69) is 0 Å². The van der Waals surface area contributed by atoms with Gasteiger partial charge in [0.1, 0.15) is 4.75 Å². The maximum Gasteiger partial charge on any atom is 0.243 e. The summed E-state index contributed by atoms with van der Waals surface area (Å²) in [5, 5.41) is 0. The summed E-state index contributed by atoms with van der Waals surface area (Å²) in [6, 6.07) is 0. The fourth-order valence-corrected chi connectivity index (χ4v) is 2.00. The van der Waals surface area contributed by atoms with E-state index in [1.165, 1.54) is 18.7 Å². The number of piperidine rings is 1. The monoisotopic (exact) mass is 247 g/mol. The van der Waals surface area contributed by atoms with Gasteiger partial charge in [0.25, 0.3) is 0 Å². The minimum absolute atomic E-state index is 0.0103. The van der Waals surface area contributed by atoms with E-state index < -0.39 is 20.5 Å². The molecule has 0 aromatic heterocycles. The van der Waals surface area contributed by atoms with Gasteiger partial charge in [-0.25, -0.2) is 8.42 Å². The fourth-order valence-electron chi connectivity index (χ4n) is 1.55. The zero-order valence-corrected chi connectivity index (χ0v) is 10.6. The highest BCUT2D eigenvalue weighted by Crippen LogP contribution is 2.20. The average Bonchev–Trinajstić information content (AvgIpc) is 2.14. The van der Waals surface area contributed by atoms with E-state index in [9.17, 15) is 18.0 Å². The van der Waals surface area contributed by atoms with Gasteiger partial charge in [-0.1, -0.05) is 0 Å². The summed E-state index contributed by atoms with van der Waals surface area (Å²) in [6.07, 6.45) is 2.13. The normalized spacial score (nSPS) is 18.7. The SMILES string of the molecule is CC(C)(C(=O)N1CCCC(=O)C1)S(C)(=O)=O. The lowest BCUT2D eigenvalue weighted by molar-refractivity contribution is -0.139. The number of sulfone groups is 1. The lowest BCUT2D eigenvalue weighted by Gasteiger charge is -2.32. The molecule has 6 heteroatoms. The fraction of sp³-hybridized carbons (Fsp3) is 0.800. The Morgan fingerprint density at radius 3 is 2.38 bits per heavy atom. The maximum atomic E-state index is 12.0. The lowest BCUT2D eigenvalue weighted by atomic mass is 10.1. The van der Waals surface area contributed by atoms with E-state index >= 15 is 0 Å². The molecule has 0 aromatic carbocycles. The van der Waals surface area contributed by atoms with Gasteiger partial charge in [-0.3, -0.25) is 9.59 Å². The Kier molecular flexibility index (Phi) is 3.42. The molecule has 1 heterocycles. The summed E-state index contributed by atoms with van der Waals surface area (Å²) in [6.45, 7) is 3.26. The van der Waals surface area contributed by atoms with E-state index in [4.69, 9.17) is 0 Å². The van der Waals surface area contributed by atoms with Crippen LogP contribution in [0.1, 0.15) is 26.7 Å². The van der Waals surface area contributed by atoms with Gasteiger partial charge in [0.15, 0.2) is 15.6 Å². The molecule has 0 bridgehead atoms. The summed E-state index contributed by atoms with van der Waals surface area (Å²) < 4.78 is 21.5. The highest BCUT2D eigenvalue weighted by Gasteiger charge is 2.42. The number of nitrogens with zero attached hydrogens (tertiary/aromatic N) is 1. The van der Waals surface area contributed by atoms with Crippen molar-refractivity contribution in [2.45, 2.75) is 31.4 Å². The van der Waals surface area contributed by atoms with Crippen LogP contribution in [0.2, 0.25) is 0 Å². The maximum absolute atomic E-state index is 12.0. The summed E-state index contributed by atoms with van der Waals surface area (Å²) in [5.41, 5.74) is 0. The molecule has 1 fully saturated rings. The van der Waals surface area contributed by atoms with Gasteiger partial charge in [0, 0.05) is 19.2 Å². The van der Waals surface area contributed by atoms with Crippen molar-refractivity contribution in [3.05, 3.63) is 0 Å². The van der Waals surface area contributed by atoms with Gasteiger partial charge in [0.05, 0.1) is 6.54 Å². The molecule has 16 heavy (non-hydrogen) atoms. The number of Topliss-reactive ketones (excluding diaryl/α,β-unsaturated/α-hetero) is 1. The zero-order valence-electron chi connectivity index (χ0n) is 9.82. The number of hydrogen-bond donors (Lipinski definition) is 0. The predicted octanol–water partition coefficient (Wildman–Crippen LogP) is 0.00110. The summed E-state index contributed by atoms with van der Waals surface area (Å²) >= 11 is 0. The van der Waals surface area contributed by atoms with Gasteiger partial charge < -0.3 is 4.90 Å². The molecule has 1 saturated heterocycles. The third-order valence-corrected chi connectivity index (χ3v) is 5.01. The van der Waals surface area contributed by atoms with Crippen LogP contribution in [-0.4, -0.2) is 49.1 Å². The molecule has 92 valence electrons. The van der Waals surface area contributed by atoms with Crippen molar-refractivity contribution in [2.24, 2.45) is 0 Å². The average molecular weight is 247 g/mol. The van der Waals surface area contributed by atoms with Crippen LogP contribution in [0.25, 0.3) is 0 Å². The Morgan fingerprint density at radius 1 is 1.38 bits per heavy atom. The Balaban J connectivity index is 2.89. The molecule has 1 amide bonds. The summed E-state index contributed by atoms with van der Waals surface area (Å²) in [4.78, 5) is 24.6. The number of hydrogen-bond acceptors (Lipinski definition) is 4. The van der Waals surface area contributed by atoms with Crippen LogP contribution >= 0.6 is 0 Å². The van der Waals surface area contributed by atoms with Crippen LogP contribution in [0.15, 0.2) is 0 Å². The van der Waals surface area contributed by atoms with Crippen molar-refractivity contribution in [3.63, 3.8) is 0 Å². The molecule has 0 N–H and O–H groups in total. The molecule has 0 saturated carbocycles.